The molecule has 6 nitrogen and oxygen atoms in total. The topological polar surface area (TPSA) is 82.5 Å². The van der Waals surface area contributed by atoms with Gasteiger partial charge in [0.05, 0.1) is 5.56 Å². The van der Waals surface area contributed by atoms with Gasteiger partial charge in [0, 0.05) is 25.6 Å². The number of nitrogens with one attached hydrogen (secondary N) is 1. The summed E-state index contributed by atoms with van der Waals surface area (Å²) in [5.41, 5.74) is 0.656. The van der Waals surface area contributed by atoms with Gasteiger partial charge >= 0.3 is 5.97 Å². The molecule has 0 spiro atoms. The number of piperidine rings is 1. The number of anilines is 1. The molecular formula is C24H37N3O3S. The normalized spacial score (nSPS) is 21.0. The summed E-state index contributed by atoms with van der Waals surface area (Å²) in [4.78, 5) is 31.3. The van der Waals surface area contributed by atoms with E-state index in [-0.39, 0.29) is 24.3 Å². The predicted octanol–water partition coefficient (Wildman–Crippen LogP) is 4.97. The highest BCUT2D eigenvalue weighted by molar-refractivity contribution is 7.99. The molecule has 1 aliphatic heterocycles. The third kappa shape index (κ3) is 6.86. The Morgan fingerprint density at radius 3 is 2.71 bits per heavy atom. The predicted molar refractivity (Wildman–Crippen MR) is 126 cm³/mol. The van der Waals surface area contributed by atoms with E-state index in [4.69, 9.17) is 10.1 Å². The Bertz CT molecular complexity index is 752. The van der Waals surface area contributed by atoms with Gasteiger partial charge in [-0.1, -0.05) is 26.2 Å². The number of carboxylic acid groups (broad SMARTS) is 1. The molecule has 2 fully saturated rings. The molecule has 172 valence electrons. The van der Waals surface area contributed by atoms with Crippen LogP contribution >= 0.6 is 11.8 Å². The van der Waals surface area contributed by atoms with Crippen LogP contribution in [0.25, 0.3) is 0 Å². The zero-order valence-electron chi connectivity index (χ0n) is 18.9. The Morgan fingerprint density at radius 1 is 1.23 bits per heavy atom. The van der Waals surface area contributed by atoms with E-state index in [1.165, 1.54) is 32.1 Å². The lowest BCUT2D eigenvalue weighted by Gasteiger charge is -2.33. The number of hydrogen-bond acceptors (Lipinski definition) is 5. The number of aromatic nitrogens is 1. The van der Waals surface area contributed by atoms with Gasteiger partial charge in [-0.15, -0.1) is 11.8 Å². The van der Waals surface area contributed by atoms with Crippen molar-refractivity contribution in [3.63, 3.8) is 0 Å². The van der Waals surface area contributed by atoms with Gasteiger partial charge in [0.1, 0.15) is 10.8 Å². The number of amides is 1. The van der Waals surface area contributed by atoms with E-state index in [9.17, 15) is 9.59 Å². The van der Waals surface area contributed by atoms with E-state index in [1.807, 2.05) is 12.1 Å². The van der Waals surface area contributed by atoms with Crippen molar-refractivity contribution >= 4 is 29.5 Å². The second-order valence-electron chi connectivity index (χ2n) is 9.08. The van der Waals surface area contributed by atoms with Crippen LogP contribution in [0.15, 0.2) is 17.2 Å². The molecule has 0 bridgehead atoms. The Labute approximate surface area is 190 Å². The third-order valence-corrected chi connectivity index (χ3v) is 7.75. The van der Waals surface area contributed by atoms with Crippen LogP contribution in [0.3, 0.4) is 0 Å². The molecule has 7 heteroatoms. The second-order valence-corrected chi connectivity index (χ2v) is 10.2. The van der Waals surface area contributed by atoms with Crippen molar-refractivity contribution in [2.24, 2.45) is 11.8 Å². The first-order valence-electron chi connectivity index (χ1n) is 11.9. The SMILES string of the molecule is CCCSc1nc(N2CCC[C@@H](CC(=O)O)C2)ccc1C(=O)NC(C)C1CCCCC1. The molecule has 2 atom stereocenters. The largest absolute Gasteiger partial charge is 0.481 e. The Kier molecular flexibility index (Phi) is 9.05. The summed E-state index contributed by atoms with van der Waals surface area (Å²) in [5, 5.41) is 13.2. The number of nitrogens with zero attached hydrogens (tertiary/aromatic N) is 2. The molecule has 1 aliphatic carbocycles. The molecule has 0 aromatic carbocycles. The van der Waals surface area contributed by atoms with Crippen molar-refractivity contribution < 1.29 is 14.7 Å². The number of rotatable bonds is 9. The number of hydrogen-bond donors (Lipinski definition) is 2. The second kappa shape index (κ2) is 11.7. The number of thioether (sulfide) groups is 1. The summed E-state index contributed by atoms with van der Waals surface area (Å²) in [7, 11) is 0. The smallest absolute Gasteiger partial charge is 0.303 e. The minimum Gasteiger partial charge on any atom is -0.481 e. The summed E-state index contributed by atoms with van der Waals surface area (Å²) in [6.07, 6.45) is 9.36. The molecule has 2 N–H and O–H groups in total. The van der Waals surface area contributed by atoms with Crippen LogP contribution in [0.1, 0.15) is 82.0 Å². The first-order valence-corrected chi connectivity index (χ1v) is 12.9. The average molecular weight is 448 g/mol. The number of carbonyl (C=O) groups is 2. The van der Waals surface area contributed by atoms with Gasteiger partial charge in [-0.3, -0.25) is 9.59 Å². The third-order valence-electron chi connectivity index (χ3n) is 6.56. The molecule has 1 unspecified atom stereocenters. The number of aliphatic carboxylic acids is 1. The molecular weight excluding hydrogens is 410 g/mol. The lowest BCUT2D eigenvalue weighted by Crippen LogP contribution is -2.39. The monoisotopic (exact) mass is 447 g/mol. The quantitative estimate of drug-likeness (QED) is 0.520. The van der Waals surface area contributed by atoms with Crippen LogP contribution < -0.4 is 10.2 Å². The molecule has 0 radical (unpaired) electrons. The molecule has 1 aromatic heterocycles. The van der Waals surface area contributed by atoms with Crippen molar-refractivity contribution in [3.05, 3.63) is 17.7 Å². The van der Waals surface area contributed by atoms with Crippen LogP contribution in [0.4, 0.5) is 5.82 Å². The molecule has 1 saturated carbocycles. The van der Waals surface area contributed by atoms with Gasteiger partial charge in [-0.25, -0.2) is 4.98 Å². The van der Waals surface area contributed by atoms with Crippen LogP contribution in [0, 0.1) is 11.8 Å². The molecule has 2 heterocycles. The van der Waals surface area contributed by atoms with Gasteiger partial charge in [0.15, 0.2) is 0 Å². The standard InChI is InChI=1S/C24H37N3O3S/c1-3-14-31-24-20(23(30)25-17(2)19-9-5-4-6-10-19)11-12-21(26-24)27-13-7-8-18(16-27)15-22(28)29/h11-12,17-19H,3-10,13-16H2,1-2H3,(H,25,30)(H,28,29)/t17?,18-/m0/s1. The van der Waals surface area contributed by atoms with E-state index in [2.05, 4.69) is 24.1 Å². The van der Waals surface area contributed by atoms with Gasteiger partial charge in [-0.2, -0.15) is 0 Å². The van der Waals surface area contributed by atoms with E-state index >= 15 is 0 Å². The van der Waals surface area contributed by atoms with Crippen LogP contribution in [-0.4, -0.2) is 46.9 Å². The lowest BCUT2D eigenvalue weighted by molar-refractivity contribution is -0.138. The number of carboxylic acids is 1. The Hall–Kier alpha value is -1.76. The molecule has 1 saturated heterocycles. The fraction of sp³-hybridized carbons (Fsp3) is 0.708. The molecule has 2 aliphatic rings. The Morgan fingerprint density at radius 2 is 2.00 bits per heavy atom. The molecule has 3 rings (SSSR count). The first kappa shape index (κ1) is 23.9. The molecule has 1 aromatic rings. The summed E-state index contributed by atoms with van der Waals surface area (Å²) in [6.45, 7) is 5.85. The molecule has 1 amide bonds. The highest BCUT2D eigenvalue weighted by atomic mass is 32.2. The Balaban J connectivity index is 1.72. The van der Waals surface area contributed by atoms with Crippen molar-refractivity contribution in [1.29, 1.82) is 0 Å². The fourth-order valence-corrected chi connectivity index (χ4v) is 5.68. The zero-order chi connectivity index (χ0) is 22.2. The summed E-state index contributed by atoms with van der Waals surface area (Å²) in [5.74, 6) is 1.72. The summed E-state index contributed by atoms with van der Waals surface area (Å²) in [6, 6.07) is 4.01. The van der Waals surface area contributed by atoms with E-state index in [0.717, 1.165) is 42.4 Å². The maximum absolute atomic E-state index is 13.1. The van der Waals surface area contributed by atoms with E-state index in [0.29, 0.717) is 18.0 Å². The number of carbonyl (C=O) groups excluding carboxylic acids is 1. The van der Waals surface area contributed by atoms with Gasteiger partial charge < -0.3 is 15.3 Å². The zero-order valence-corrected chi connectivity index (χ0v) is 19.8. The lowest BCUT2D eigenvalue weighted by atomic mass is 9.84. The number of pyridine rings is 1. The van der Waals surface area contributed by atoms with E-state index < -0.39 is 5.97 Å². The summed E-state index contributed by atoms with van der Waals surface area (Å²) >= 11 is 1.63. The van der Waals surface area contributed by atoms with Crippen molar-refractivity contribution in [1.82, 2.24) is 10.3 Å². The molecule has 31 heavy (non-hydrogen) atoms. The van der Waals surface area contributed by atoms with Gasteiger partial charge in [-0.05, 0) is 68.7 Å². The van der Waals surface area contributed by atoms with Gasteiger partial charge in [0.25, 0.3) is 5.91 Å². The summed E-state index contributed by atoms with van der Waals surface area (Å²) < 4.78 is 0. The maximum atomic E-state index is 13.1. The first-order chi connectivity index (χ1) is 15.0. The minimum absolute atomic E-state index is 0.0295. The van der Waals surface area contributed by atoms with Crippen LogP contribution in [0.2, 0.25) is 0 Å². The minimum atomic E-state index is -0.738. The van der Waals surface area contributed by atoms with Crippen LogP contribution in [-0.2, 0) is 4.79 Å². The average Bonchev–Trinajstić information content (AvgIpc) is 2.77. The van der Waals surface area contributed by atoms with Crippen molar-refractivity contribution in [2.75, 3.05) is 23.7 Å². The van der Waals surface area contributed by atoms with Crippen LogP contribution in [0.5, 0.6) is 0 Å². The highest BCUT2D eigenvalue weighted by Crippen LogP contribution is 2.30. The highest BCUT2D eigenvalue weighted by Gasteiger charge is 2.26. The van der Waals surface area contributed by atoms with Crippen molar-refractivity contribution in [2.45, 2.75) is 82.7 Å². The maximum Gasteiger partial charge on any atom is 0.303 e. The fourth-order valence-electron chi connectivity index (χ4n) is 4.81. The van der Waals surface area contributed by atoms with Crippen molar-refractivity contribution in [3.8, 4) is 0 Å². The van der Waals surface area contributed by atoms with E-state index in [1.54, 1.807) is 11.8 Å². The van der Waals surface area contributed by atoms with Gasteiger partial charge in [0.2, 0.25) is 0 Å².